The fourth-order valence-electron chi connectivity index (χ4n) is 1.70. The molecule has 0 aliphatic rings. The molecule has 0 aliphatic carbocycles. The largest absolute Gasteiger partial charge is 0.384 e. The summed E-state index contributed by atoms with van der Waals surface area (Å²) in [6, 6.07) is 3.83. The molecule has 0 saturated carbocycles. The molecule has 0 atom stereocenters. The van der Waals surface area contributed by atoms with Crippen molar-refractivity contribution in [2.24, 2.45) is 0 Å². The van der Waals surface area contributed by atoms with E-state index in [9.17, 15) is 4.79 Å². The minimum Gasteiger partial charge on any atom is -0.384 e. The van der Waals surface area contributed by atoms with Crippen molar-refractivity contribution in [2.45, 2.75) is 13.3 Å². The molecule has 6 nitrogen and oxygen atoms in total. The molecule has 0 aromatic carbocycles. The van der Waals surface area contributed by atoms with Gasteiger partial charge in [0.25, 0.3) is 5.91 Å². The van der Waals surface area contributed by atoms with Crippen molar-refractivity contribution >= 4 is 28.1 Å². The first kappa shape index (κ1) is 14.3. The van der Waals surface area contributed by atoms with E-state index in [1.165, 1.54) is 11.3 Å². The highest BCUT2D eigenvalue weighted by Crippen LogP contribution is 2.19. The lowest BCUT2D eigenvalue weighted by molar-refractivity contribution is 0.0957. The molecule has 2 aromatic rings. The first-order valence-electron chi connectivity index (χ1n) is 6.32. The van der Waals surface area contributed by atoms with Crippen molar-refractivity contribution in [3.8, 4) is 0 Å². The Morgan fingerprint density at radius 1 is 1.45 bits per heavy atom. The predicted molar refractivity (Wildman–Crippen MR) is 80.9 cm³/mol. The smallest absolute Gasteiger partial charge is 0.263 e. The number of aryl methyl sites for hydroxylation is 1. The first-order valence-corrected chi connectivity index (χ1v) is 7.13. The van der Waals surface area contributed by atoms with Gasteiger partial charge in [-0.05, 0) is 25.5 Å². The Bertz CT molecular complexity index is 569. The summed E-state index contributed by atoms with van der Waals surface area (Å²) in [6.45, 7) is 3.16. The lowest BCUT2D eigenvalue weighted by Crippen LogP contribution is -2.25. The lowest BCUT2D eigenvalue weighted by Gasteiger charge is -2.06. The number of anilines is 2. The van der Waals surface area contributed by atoms with Crippen LogP contribution in [0.4, 0.5) is 10.8 Å². The molecule has 0 spiro atoms. The fourth-order valence-corrected chi connectivity index (χ4v) is 2.45. The third kappa shape index (κ3) is 3.92. The Morgan fingerprint density at radius 3 is 2.95 bits per heavy atom. The average molecular weight is 291 g/mol. The van der Waals surface area contributed by atoms with Gasteiger partial charge in [0.1, 0.15) is 4.88 Å². The molecular weight excluding hydrogens is 274 g/mol. The van der Waals surface area contributed by atoms with Crippen molar-refractivity contribution < 1.29 is 4.79 Å². The molecule has 106 valence electrons. The normalized spacial score (nSPS) is 10.2. The summed E-state index contributed by atoms with van der Waals surface area (Å²) in [5, 5.41) is 6.51. The quantitative estimate of drug-likeness (QED) is 0.704. The Hall–Kier alpha value is -2.15. The maximum absolute atomic E-state index is 11.9. The Balaban J connectivity index is 1.68. The Kier molecular flexibility index (Phi) is 4.89. The van der Waals surface area contributed by atoms with E-state index >= 15 is 0 Å². The summed E-state index contributed by atoms with van der Waals surface area (Å²) in [7, 11) is 0. The van der Waals surface area contributed by atoms with Gasteiger partial charge in [0.15, 0.2) is 5.13 Å². The highest BCUT2D eigenvalue weighted by atomic mass is 32.1. The lowest BCUT2D eigenvalue weighted by atomic mass is 10.3. The number of aromatic nitrogens is 2. The monoisotopic (exact) mass is 291 g/mol. The third-order valence-electron chi connectivity index (χ3n) is 2.65. The molecule has 2 heterocycles. The maximum atomic E-state index is 11.9. The van der Waals surface area contributed by atoms with Crippen molar-refractivity contribution in [3.05, 3.63) is 35.1 Å². The van der Waals surface area contributed by atoms with Gasteiger partial charge in [-0.1, -0.05) is 11.3 Å². The predicted octanol–water partition coefficient (Wildman–Crippen LogP) is 1.66. The summed E-state index contributed by atoms with van der Waals surface area (Å²) in [5.74, 6) is -0.113. The topological polar surface area (TPSA) is 92.9 Å². The molecule has 0 fully saturated rings. The molecule has 20 heavy (non-hydrogen) atoms. The number of thiazole rings is 1. The van der Waals surface area contributed by atoms with Crippen LogP contribution in [0.25, 0.3) is 0 Å². The minimum atomic E-state index is -0.113. The number of rotatable bonds is 6. The van der Waals surface area contributed by atoms with Crippen molar-refractivity contribution in [1.29, 1.82) is 0 Å². The van der Waals surface area contributed by atoms with Crippen LogP contribution < -0.4 is 16.4 Å². The van der Waals surface area contributed by atoms with E-state index in [0.29, 0.717) is 22.2 Å². The van der Waals surface area contributed by atoms with Gasteiger partial charge in [0, 0.05) is 25.5 Å². The van der Waals surface area contributed by atoms with Gasteiger partial charge >= 0.3 is 0 Å². The van der Waals surface area contributed by atoms with Crippen molar-refractivity contribution in [2.75, 3.05) is 24.1 Å². The second-order valence-corrected chi connectivity index (χ2v) is 5.28. The van der Waals surface area contributed by atoms with Crippen LogP contribution in [-0.2, 0) is 0 Å². The number of hydrogen-bond donors (Lipinski definition) is 3. The number of nitrogens with two attached hydrogens (primary N) is 1. The fraction of sp³-hybridized carbons (Fsp3) is 0.308. The number of nitrogens with one attached hydrogen (secondary N) is 2. The number of hydrogen-bond acceptors (Lipinski definition) is 6. The van der Waals surface area contributed by atoms with Gasteiger partial charge in [-0.3, -0.25) is 9.78 Å². The zero-order chi connectivity index (χ0) is 14.4. The Morgan fingerprint density at radius 2 is 2.30 bits per heavy atom. The summed E-state index contributed by atoms with van der Waals surface area (Å²) in [5.41, 5.74) is 7.23. The maximum Gasteiger partial charge on any atom is 0.263 e. The highest BCUT2D eigenvalue weighted by Gasteiger charge is 2.13. The standard InChI is InChI=1S/C13H17N5OS/c1-9-11(20-13(14)18-9)12(19)17-7-3-6-16-10-4-2-5-15-8-10/h2,4-5,8,16H,3,6-7H2,1H3,(H2,14,18)(H,17,19). The third-order valence-corrected chi connectivity index (χ3v) is 3.63. The van der Waals surface area contributed by atoms with E-state index in [2.05, 4.69) is 20.6 Å². The zero-order valence-electron chi connectivity index (χ0n) is 11.2. The van der Waals surface area contributed by atoms with Gasteiger partial charge in [-0.2, -0.15) is 0 Å². The van der Waals surface area contributed by atoms with Crippen LogP contribution in [0.2, 0.25) is 0 Å². The van der Waals surface area contributed by atoms with Gasteiger partial charge in [0.2, 0.25) is 0 Å². The molecule has 0 saturated heterocycles. The van der Waals surface area contributed by atoms with E-state index < -0.39 is 0 Å². The average Bonchev–Trinajstić information content (AvgIpc) is 2.78. The second kappa shape index (κ2) is 6.85. The number of pyridine rings is 1. The summed E-state index contributed by atoms with van der Waals surface area (Å²) in [6.07, 6.45) is 4.32. The molecule has 2 rings (SSSR count). The Labute approximate surface area is 121 Å². The molecule has 2 aromatic heterocycles. The number of amides is 1. The number of nitrogens with zero attached hydrogens (tertiary/aromatic N) is 2. The van der Waals surface area contributed by atoms with E-state index in [-0.39, 0.29) is 5.91 Å². The molecule has 1 amide bonds. The van der Waals surface area contributed by atoms with E-state index in [4.69, 9.17) is 5.73 Å². The van der Waals surface area contributed by atoms with Gasteiger partial charge in [0.05, 0.1) is 11.4 Å². The molecule has 7 heteroatoms. The zero-order valence-corrected chi connectivity index (χ0v) is 12.0. The molecular formula is C13H17N5OS. The summed E-state index contributed by atoms with van der Waals surface area (Å²) in [4.78, 5) is 20.5. The van der Waals surface area contributed by atoms with Crippen LogP contribution >= 0.6 is 11.3 Å². The van der Waals surface area contributed by atoms with E-state index in [0.717, 1.165) is 18.7 Å². The van der Waals surface area contributed by atoms with Crippen molar-refractivity contribution in [1.82, 2.24) is 15.3 Å². The molecule has 0 unspecified atom stereocenters. The van der Waals surface area contributed by atoms with Gasteiger partial charge in [-0.15, -0.1) is 0 Å². The molecule has 0 aliphatic heterocycles. The van der Waals surface area contributed by atoms with Crippen molar-refractivity contribution in [3.63, 3.8) is 0 Å². The van der Waals surface area contributed by atoms with Gasteiger partial charge < -0.3 is 16.4 Å². The van der Waals surface area contributed by atoms with E-state index in [1.54, 1.807) is 19.3 Å². The first-order chi connectivity index (χ1) is 9.66. The van der Waals surface area contributed by atoms with Crippen LogP contribution in [0.5, 0.6) is 0 Å². The van der Waals surface area contributed by atoms with Crippen LogP contribution in [0.15, 0.2) is 24.5 Å². The number of carbonyl (C=O) groups excluding carboxylic acids is 1. The van der Waals surface area contributed by atoms with Crippen LogP contribution in [0, 0.1) is 6.92 Å². The molecule has 4 N–H and O–H groups in total. The minimum absolute atomic E-state index is 0.113. The van der Waals surface area contributed by atoms with E-state index in [1.807, 2.05) is 12.1 Å². The van der Waals surface area contributed by atoms with Gasteiger partial charge in [-0.25, -0.2) is 4.98 Å². The number of nitrogen functional groups attached to an aromatic ring is 1. The van der Waals surface area contributed by atoms with Crippen LogP contribution in [0.3, 0.4) is 0 Å². The second-order valence-electron chi connectivity index (χ2n) is 4.24. The molecule has 0 radical (unpaired) electrons. The number of carbonyl (C=O) groups is 1. The van der Waals surface area contributed by atoms with Crippen LogP contribution in [-0.4, -0.2) is 29.0 Å². The SMILES string of the molecule is Cc1nc(N)sc1C(=O)NCCCNc1cccnc1. The van der Waals surface area contributed by atoms with Crippen LogP contribution in [0.1, 0.15) is 21.8 Å². The summed E-state index contributed by atoms with van der Waals surface area (Å²) >= 11 is 1.21. The highest BCUT2D eigenvalue weighted by molar-refractivity contribution is 7.17. The summed E-state index contributed by atoms with van der Waals surface area (Å²) < 4.78 is 0. The molecule has 0 bridgehead atoms.